The van der Waals surface area contributed by atoms with Crippen molar-refractivity contribution in [2.75, 3.05) is 57.9 Å². The molecular weight excluding hydrogens is 330 g/mol. The van der Waals surface area contributed by atoms with E-state index < -0.39 is 0 Å². The number of benzene rings is 1. The van der Waals surface area contributed by atoms with E-state index >= 15 is 0 Å². The van der Waals surface area contributed by atoms with Gasteiger partial charge in [0.1, 0.15) is 6.10 Å². The van der Waals surface area contributed by atoms with Crippen molar-refractivity contribution in [2.45, 2.75) is 31.9 Å². The number of rotatable bonds is 5. The van der Waals surface area contributed by atoms with Crippen LogP contribution in [0.2, 0.25) is 0 Å². The lowest BCUT2D eigenvalue weighted by molar-refractivity contribution is 0.0166. The Labute approximate surface area is 156 Å². The van der Waals surface area contributed by atoms with Crippen LogP contribution in [0.4, 0.5) is 10.5 Å². The van der Waals surface area contributed by atoms with Crippen LogP contribution in [-0.4, -0.2) is 81.0 Å². The molecule has 0 aliphatic carbocycles. The molecule has 1 aromatic rings. The summed E-state index contributed by atoms with van der Waals surface area (Å²) in [5.74, 6) is 0. The van der Waals surface area contributed by atoms with E-state index in [0.29, 0.717) is 6.54 Å². The van der Waals surface area contributed by atoms with E-state index in [9.17, 15) is 4.79 Å². The lowest BCUT2D eigenvalue weighted by Crippen LogP contribution is -2.55. The summed E-state index contributed by atoms with van der Waals surface area (Å²) in [5.41, 5.74) is 1.22. The fourth-order valence-electron chi connectivity index (χ4n) is 3.78. The van der Waals surface area contributed by atoms with Crippen LogP contribution in [0.5, 0.6) is 0 Å². The summed E-state index contributed by atoms with van der Waals surface area (Å²) in [4.78, 5) is 19.2. The second-order valence-electron chi connectivity index (χ2n) is 7.24. The molecule has 2 aliphatic heterocycles. The van der Waals surface area contributed by atoms with Crippen molar-refractivity contribution in [1.82, 2.24) is 9.80 Å². The van der Waals surface area contributed by atoms with Crippen LogP contribution in [-0.2, 0) is 9.47 Å². The molecule has 0 radical (unpaired) electrons. The van der Waals surface area contributed by atoms with E-state index in [4.69, 9.17) is 9.47 Å². The zero-order valence-corrected chi connectivity index (χ0v) is 16.0. The zero-order chi connectivity index (χ0) is 18.4. The van der Waals surface area contributed by atoms with Crippen LogP contribution < -0.4 is 4.90 Å². The van der Waals surface area contributed by atoms with Gasteiger partial charge in [0.15, 0.2) is 0 Å². The number of piperazine rings is 1. The summed E-state index contributed by atoms with van der Waals surface area (Å²) < 4.78 is 10.9. The van der Waals surface area contributed by atoms with Crippen LogP contribution >= 0.6 is 0 Å². The van der Waals surface area contributed by atoms with Gasteiger partial charge in [-0.2, -0.15) is 0 Å². The van der Waals surface area contributed by atoms with Crippen LogP contribution in [0, 0.1) is 0 Å². The number of piperidine rings is 1. The van der Waals surface area contributed by atoms with Gasteiger partial charge in [0.25, 0.3) is 0 Å². The molecule has 6 heteroatoms. The molecule has 2 aliphatic rings. The molecule has 1 atom stereocenters. The highest BCUT2D eigenvalue weighted by atomic mass is 16.6. The molecule has 0 spiro atoms. The molecule has 1 amide bonds. The third-order valence-corrected chi connectivity index (χ3v) is 5.40. The standard InChI is InChI=1S/C20H31N3O3/c1-17-16-22(18-6-4-3-5-7-18)12-13-23(17)20(24)26-19-8-10-21(11-9-19)14-15-25-2/h3-7,17,19H,8-16H2,1-2H3. The number of amides is 1. The molecular formula is C20H31N3O3. The number of methoxy groups -OCH3 is 1. The Morgan fingerprint density at radius 3 is 2.50 bits per heavy atom. The molecule has 6 nitrogen and oxygen atoms in total. The van der Waals surface area contributed by atoms with E-state index in [2.05, 4.69) is 41.0 Å². The van der Waals surface area contributed by atoms with Gasteiger partial charge in [0.2, 0.25) is 0 Å². The van der Waals surface area contributed by atoms with Gasteiger partial charge in [-0.1, -0.05) is 18.2 Å². The number of hydrogen-bond donors (Lipinski definition) is 0. The molecule has 2 fully saturated rings. The van der Waals surface area contributed by atoms with Crippen molar-refractivity contribution in [1.29, 1.82) is 0 Å². The number of likely N-dealkylation sites (tertiary alicyclic amines) is 1. The molecule has 2 saturated heterocycles. The molecule has 1 aromatic carbocycles. The maximum atomic E-state index is 12.6. The van der Waals surface area contributed by atoms with Crippen LogP contribution in [0.15, 0.2) is 30.3 Å². The zero-order valence-electron chi connectivity index (χ0n) is 16.0. The first-order valence-electron chi connectivity index (χ1n) is 9.66. The van der Waals surface area contributed by atoms with Gasteiger partial charge in [-0.3, -0.25) is 0 Å². The normalized spacial score (nSPS) is 22.5. The first-order valence-corrected chi connectivity index (χ1v) is 9.66. The average Bonchev–Trinajstić information content (AvgIpc) is 2.68. The summed E-state index contributed by atoms with van der Waals surface area (Å²) in [6.07, 6.45) is 1.71. The second-order valence-corrected chi connectivity index (χ2v) is 7.24. The lowest BCUT2D eigenvalue weighted by atomic mass is 10.1. The molecule has 0 aromatic heterocycles. The van der Waals surface area contributed by atoms with Crippen LogP contribution in [0.3, 0.4) is 0 Å². The predicted molar refractivity (Wildman–Crippen MR) is 103 cm³/mol. The largest absolute Gasteiger partial charge is 0.446 e. The third-order valence-electron chi connectivity index (χ3n) is 5.40. The summed E-state index contributed by atoms with van der Waals surface area (Å²) >= 11 is 0. The molecule has 0 saturated carbocycles. The van der Waals surface area contributed by atoms with Gasteiger partial charge < -0.3 is 24.2 Å². The van der Waals surface area contributed by atoms with Gasteiger partial charge in [-0.05, 0) is 31.9 Å². The average molecular weight is 361 g/mol. The number of ether oxygens (including phenoxy) is 2. The Morgan fingerprint density at radius 1 is 1.12 bits per heavy atom. The first kappa shape index (κ1) is 19.0. The van der Waals surface area contributed by atoms with Gasteiger partial charge in [0.05, 0.1) is 6.61 Å². The number of para-hydroxylation sites is 1. The van der Waals surface area contributed by atoms with Crippen molar-refractivity contribution < 1.29 is 14.3 Å². The van der Waals surface area contributed by atoms with Crippen molar-refractivity contribution >= 4 is 11.8 Å². The molecule has 3 rings (SSSR count). The second kappa shape index (κ2) is 9.24. The van der Waals surface area contributed by atoms with E-state index in [1.54, 1.807) is 7.11 Å². The Bertz CT molecular complexity index is 561. The molecule has 2 heterocycles. The fraction of sp³-hybridized carbons (Fsp3) is 0.650. The van der Waals surface area contributed by atoms with Crippen molar-refractivity contribution in [2.24, 2.45) is 0 Å². The van der Waals surface area contributed by atoms with Crippen LogP contribution in [0.25, 0.3) is 0 Å². The summed E-state index contributed by atoms with van der Waals surface area (Å²) in [6.45, 7) is 8.15. The minimum Gasteiger partial charge on any atom is -0.446 e. The number of carbonyl (C=O) groups excluding carboxylic acids is 1. The molecule has 0 bridgehead atoms. The highest BCUT2D eigenvalue weighted by Crippen LogP contribution is 2.21. The molecule has 26 heavy (non-hydrogen) atoms. The maximum absolute atomic E-state index is 12.6. The van der Waals surface area contributed by atoms with Crippen LogP contribution in [0.1, 0.15) is 19.8 Å². The predicted octanol–water partition coefficient (Wildman–Crippen LogP) is 2.44. The Hall–Kier alpha value is -1.79. The smallest absolute Gasteiger partial charge is 0.410 e. The highest BCUT2D eigenvalue weighted by Gasteiger charge is 2.31. The molecule has 1 unspecified atom stereocenters. The van der Waals surface area contributed by atoms with Gasteiger partial charge >= 0.3 is 6.09 Å². The number of nitrogens with zero attached hydrogens (tertiary/aromatic N) is 3. The fourth-order valence-corrected chi connectivity index (χ4v) is 3.78. The number of anilines is 1. The quantitative estimate of drug-likeness (QED) is 0.806. The summed E-state index contributed by atoms with van der Waals surface area (Å²) in [7, 11) is 1.73. The Kier molecular flexibility index (Phi) is 6.74. The minimum absolute atomic E-state index is 0.0423. The van der Waals surface area contributed by atoms with Crippen molar-refractivity contribution in [3.05, 3.63) is 30.3 Å². The number of carbonyl (C=O) groups is 1. The summed E-state index contributed by atoms with van der Waals surface area (Å²) in [6, 6.07) is 10.5. The maximum Gasteiger partial charge on any atom is 0.410 e. The van der Waals surface area contributed by atoms with E-state index in [0.717, 1.165) is 52.2 Å². The van der Waals surface area contributed by atoms with Crippen molar-refractivity contribution in [3.63, 3.8) is 0 Å². The number of hydrogen-bond acceptors (Lipinski definition) is 5. The summed E-state index contributed by atoms with van der Waals surface area (Å²) in [5, 5.41) is 0. The van der Waals surface area contributed by atoms with E-state index in [-0.39, 0.29) is 18.2 Å². The van der Waals surface area contributed by atoms with Crippen molar-refractivity contribution in [3.8, 4) is 0 Å². The van der Waals surface area contributed by atoms with E-state index in [1.165, 1.54) is 5.69 Å². The highest BCUT2D eigenvalue weighted by molar-refractivity contribution is 5.69. The Morgan fingerprint density at radius 2 is 1.85 bits per heavy atom. The van der Waals surface area contributed by atoms with Gasteiger partial charge in [-0.15, -0.1) is 0 Å². The van der Waals surface area contributed by atoms with Gasteiger partial charge in [-0.25, -0.2) is 4.79 Å². The molecule has 0 N–H and O–H groups in total. The third kappa shape index (κ3) is 4.89. The monoisotopic (exact) mass is 361 g/mol. The molecule has 144 valence electrons. The SMILES string of the molecule is COCCN1CCC(OC(=O)N2CCN(c3ccccc3)CC2C)CC1. The topological polar surface area (TPSA) is 45.3 Å². The first-order chi connectivity index (χ1) is 12.7. The minimum atomic E-state index is -0.152. The Balaban J connectivity index is 1.44. The van der Waals surface area contributed by atoms with Gasteiger partial charge in [0, 0.05) is 58.1 Å². The van der Waals surface area contributed by atoms with E-state index in [1.807, 2.05) is 11.0 Å². The lowest BCUT2D eigenvalue weighted by Gasteiger charge is -2.41.